The molecule has 0 atom stereocenters. The number of amides is 1. The zero-order valence-electron chi connectivity index (χ0n) is 17.7. The Morgan fingerprint density at radius 1 is 0.969 bits per heavy atom. The van der Waals surface area contributed by atoms with Crippen molar-refractivity contribution in [1.29, 1.82) is 0 Å². The molecule has 0 fully saturated rings. The average Bonchev–Trinajstić information content (AvgIpc) is 3.23. The number of halogens is 1. The molecule has 5 heteroatoms. The van der Waals surface area contributed by atoms with Crippen LogP contribution in [-0.2, 0) is 0 Å². The van der Waals surface area contributed by atoms with E-state index in [2.05, 4.69) is 24.1 Å². The smallest absolute Gasteiger partial charge is 0.256 e. The van der Waals surface area contributed by atoms with Gasteiger partial charge in [0.1, 0.15) is 5.52 Å². The highest BCUT2D eigenvalue weighted by Crippen LogP contribution is 2.33. The average molecular weight is 441 g/mol. The Morgan fingerprint density at radius 3 is 2.62 bits per heavy atom. The van der Waals surface area contributed by atoms with Gasteiger partial charge in [0.15, 0.2) is 5.58 Å². The number of carbonyl (C=O) groups is 1. The van der Waals surface area contributed by atoms with Crippen molar-refractivity contribution in [2.45, 2.75) is 19.8 Å². The van der Waals surface area contributed by atoms with E-state index in [9.17, 15) is 4.79 Å². The van der Waals surface area contributed by atoms with Gasteiger partial charge in [-0.15, -0.1) is 0 Å². The molecule has 0 aliphatic carbocycles. The van der Waals surface area contributed by atoms with E-state index in [1.54, 1.807) is 18.2 Å². The van der Waals surface area contributed by atoms with E-state index >= 15 is 0 Å². The summed E-state index contributed by atoms with van der Waals surface area (Å²) in [6.07, 6.45) is 0. The molecule has 1 N–H and O–H groups in total. The van der Waals surface area contributed by atoms with Gasteiger partial charge in [-0.25, -0.2) is 4.98 Å². The molecule has 5 aromatic rings. The zero-order valence-corrected chi connectivity index (χ0v) is 18.5. The number of hydrogen-bond donors (Lipinski definition) is 1. The molecule has 0 bridgehead atoms. The fourth-order valence-corrected chi connectivity index (χ4v) is 4.01. The number of oxazole rings is 1. The van der Waals surface area contributed by atoms with E-state index in [1.165, 1.54) is 5.56 Å². The SMILES string of the molecule is CC(C)c1ccc2oc(-c3cc(NC(=O)c4cccc5ccccc45)ccc3Cl)nc2c1. The molecule has 0 aliphatic rings. The maximum Gasteiger partial charge on any atom is 0.256 e. The number of fused-ring (bicyclic) bond motifs is 2. The van der Waals surface area contributed by atoms with Gasteiger partial charge < -0.3 is 9.73 Å². The summed E-state index contributed by atoms with van der Waals surface area (Å²) in [5, 5.41) is 5.40. The van der Waals surface area contributed by atoms with E-state index in [1.807, 2.05) is 60.7 Å². The quantitative estimate of drug-likeness (QED) is 0.312. The third-order valence-corrected chi connectivity index (χ3v) is 5.90. The third-order valence-electron chi connectivity index (χ3n) is 5.57. The van der Waals surface area contributed by atoms with Crippen molar-refractivity contribution in [3.8, 4) is 11.5 Å². The van der Waals surface area contributed by atoms with E-state index in [4.69, 9.17) is 16.0 Å². The predicted molar refractivity (Wildman–Crippen MR) is 130 cm³/mol. The maximum atomic E-state index is 13.0. The number of rotatable bonds is 4. The number of benzene rings is 4. The normalized spacial score (nSPS) is 11.4. The van der Waals surface area contributed by atoms with Crippen LogP contribution in [0.1, 0.15) is 35.7 Å². The highest BCUT2D eigenvalue weighted by Gasteiger charge is 2.15. The largest absolute Gasteiger partial charge is 0.436 e. The zero-order chi connectivity index (χ0) is 22.2. The van der Waals surface area contributed by atoms with Crippen molar-refractivity contribution in [3.63, 3.8) is 0 Å². The number of aromatic nitrogens is 1. The number of nitrogens with zero attached hydrogens (tertiary/aromatic N) is 1. The van der Waals surface area contributed by atoms with E-state index in [-0.39, 0.29) is 5.91 Å². The highest BCUT2D eigenvalue weighted by atomic mass is 35.5. The van der Waals surface area contributed by atoms with Crippen LogP contribution in [0, 0.1) is 0 Å². The molecule has 4 nitrogen and oxygen atoms in total. The van der Waals surface area contributed by atoms with Crippen LogP contribution in [0.4, 0.5) is 5.69 Å². The molecule has 0 spiro atoms. The molecule has 32 heavy (non-hydrogen) atoms. The maximum absolute atomic E-state index is 13.0. The summed E-state index contributed by atoms with van der Waals surface area (Å²) in [6.45, 7) is 4.28. The summed E-state index contributed by atoms with van der Waals surface area (Å²) in [5.74, 6) is 0.636. The molecular weight excluding hydrogens is 420 g/mol. The Bertz CT molecular complexity index is 1460. The molecule has 0 unspecified atom stereocenters. The van der Waals surface area contributed by atoms with Crippen LogP contribution in [0.15, 0.2) is 83.3 Å². The molecule has 158 valence electrons. The minimum Gasteiger partial charge on any atom is -0.436 e. The lowest BCUT2D eigenvalue weighted by molar-refractivity contribution is 0.102. The summed E-state index contributed by atoms with van der Waals surface area (Å²) in [5.41, 5.74) is 4.54. The molecule has 1 heterocycles. The minimum absolute atomic E-state index is 0.186. The first-order chi connectivity index (χ1) is 15.5. The van der Waals surface area contributed by atoms with Crippen LogP contribution in [-0.4, -0.2) is 10.9 Å². The Balaban J connectivity index is 1.49. The Labute approximate surface area is 190 Å². The van der Waals surface area contributed by atoms with Gasteiger partial charge in [-0.1, -0.05) is 67.9 Å². The highest BCUT2D eigenvalue weighted by molar-refractivity contribution is 6.33. The van der Waals surface area contributed by atoms with E-state index in [0.29, 0.717) is 39.2 Å². The monoisotopic (exact) mass is 440 g/mol. The minimum atomic E-state index is -0.186. The standard InChI is InChI=1S/C27H21ClN2O2/c1-16(2)18-10-13-25-24(14-18)30-27(32-25)22-15-19(11-12-23(22)28)29-26(31)21-9-5-7-17-6-3-4-8-20(17)21/h3-16H,1-2H3,(H,29,31). The van der Waals surface area contributed by atoms with Crippen LogP contribution >= 0.6 is 11.6 Å². The Morgan fingerprint density at radius 2 is 1.78 bits per heavy atom. The lowest BCUT2D eigenvalue weighted by atomic mass is 10.0. The Hall–Kier alpha value is -3.63. The van der Waals surface area contributed by atoms with Gasteiger partial charge in [0.25, 0.3) is 5.91 Å². The second kappa shape index (κ2) is 8.13. The first-order valence-electron chi connectivity index (χ1n) is 10.5. The van der Waals surface area contributed by atoms with Crippen molar-refractivity contribution < 1.29 is 9.21 Å². The molecule has 1 amide bonds. The van der Waals surface area contributed by atoms with Crippen LogP contribution in [0.2, 0.25) is 5.02 Å². The summed E-state index contributed by atoms with van der Waals surface area (Å²) in [6, 6.07) is 24.8. The van der Waals surface area contributed by atoms with Gasteiger partial charge in [-0.05, 0) is 58.7 Å². The van der Waals surface area contributed by atoms with Gasteiger partial charge in [-0.2, -0.15) is 0 Å². The fourth-order valence-electron chi connectivity index (χ4n) is 3.81. The molecule has 0 radical (unpaired) electrons. The van der Waals surface area contributed by atoms with Crippen molar-refractivity contribution in [1.82, 2.24) is 4.98 Å². The molecule has 1 aromatic heterocycles. The first-order valence-corrected chi connectivity index (χ1v) is 10.9. The van der Waals surface area contributed by atoms with Crippen LogP contribution in [0.25, 0.3) is 33.3 Å². The predicted octanol–water partition coefficient (Wildman–Crippen LogP) is 7.68. The van der Waals surface area contributed by atoms with Gasteiger partial charge in [0.2, 0.25) is 5.89 Å². The molecular formula is C27H21ClN2O2. The number of hydrogen-bond acceptors (Lipinski definition) is 3. The lowest BCUT2D eigenvalue weighted by Crippen LogP contribution is -2.12. The van der Waals surface area contributed by atoms with Gasteiger partial charge >= 0.3 is 0 Å². The molecule has 5 rings (SSSR count). The van der Waals surface area contributed by atoms with Gasteiger partial charge in [-0.3, -0.25) is 4.79 Å². The van der Waals surface area contributed by atoms with Crippen molar-refractivity contribution in [2.24, 2.45) is 0 Å². The van der Waals surface area contributed by atoms with Crippen LogP contribution in [0.3, 0.4) is 0 Å². The number of anilines is 1. The second-order valence-electron chi connectivity index (χ2n) is 8.08. The van der Waals surface area contributed by atoms with Crippen molar-refractivity contribution in [2.75, 3.05) is 5.32 Å². The topological polar surface area (TPSA) is 55.1 Å². The van der Waals surface area contributed by atoms with Crippen LogP contribution in [0.5, 0.6) is 0 Å². The second-order valence-corrected chi connectivity index (χ2v) is 8.48. The van der Waals surface area contributed by atoms with Gasteiger partial charge in [0, 0.05) is 11.3 Å². The molecule has 0 saturated carbocycles. The van der Waals surface area contributed by atoms with Crippen molar-refractivity contribution in [3.05, 3.63) is 95.0 Å². The molecule has 0 aliphatic heterocycles. The molecule has 0 saturated heterocycles. The summed E-state index contributed by atoms with van der Waals surface area (Å²) in [4.78, 5) is 17.7. The van der Waals surface area contributed by atoms with E-state index in [0.717, 1.165) is 16.3 Å². The fraction of sp³-hybridized carbons (Fsp3) is 0.111. The third kappa shape index (κ3) is 3.74. The van der Waals surface area contributed by atoms with E-state index < -0.39 is 0 Å². The number of nitrogens with one attached hydrogen (secondary N) is 1. The lowest BCUT2D eigenvalue weighted by Gasteiger charge is -2.09. The van der Waals surface area contributed by atoms with Gasteiger partial charge in [0.05, 0.1) is 10.6 Å². The summed E-state index contributed by atoms with van der Waals surface area (Å²) >= 11 is 6.46. The summed E-state index contributed by atoms with van der Waals surface area (Å²) < 4.78 is 5.96. The number of carbonyl (C=O) groups excluding carboxylic acids is 1. The molecule has 4 aromatic carbocycles. The first kappa shape index (κ1) is 20.3. The van der Waals surface area contributed by atoms with Crippen LogP contribution < -0.4 is 5.32 Å². The summed E-state index contributed by atoms with van der Waals surface area (Å²) in [7, 11) is 0. The van der Waals surface area contributed by atoms with Crippen molar-refractivity contribution >= 4 is 45.1 Å². The Kier molecular flexibility index (Phi) is 5.16.